The van der Waals surface area contributed by atoms with Crippen LogP contribution >= 0.6 is 11.3 Å². The van der Waals surface area contributed by atoms with Crippen LogP contribution in [0.4, 0.5) is 0 Å². The molecule has 0 saturated heterocycles. The number of aryl methyl sites for hydroxylation is 1. The Morgan fingerprint density at radius 2 is 2.25 bits per heavy atom. The van der Waals surface area contributed by atoms with Crippen LogP contribution in [-0.4, -0.2) is 20.6 Å². The predicted octanol–water partition coefficient (Wildman–Crippen LogP) is 4.61. The molecular weight excluding hydrogens is 322 g/mol. The Morgan fingerprint density at radius 3 is 2.83 bits per heavy atom. The molecule has 0 bridgehead atoms. The van der Waals surface area contributed by atoms with E-state index in [0.29, 0.717) is 22.3 Å². The first-order valence-electron chi connectivity index (χ1n) is 7.72. The van der Waals surface area contributed by atoms with E-state index in [1.807, 2.05) is 24.4 Å². The molecule has 0 saturated carbocycles. The van der Waals surface area contributed by atoms with Crippen LogP contribution in [0.5, 0.6) is 0 Å². The van der Waals surface area contributed by atoms with Crippen molar-refractivity contribution >= 4 is 28.2 Å². The third kappa shape index (κ3) is 2.57. The summed E-state index contributed by atoms with van der Waals surface area (Å²) in [5, 5.41) is 20.2. The highest BCUT2D eigenvalue weighted by molar-refractivity contribution is 7.17. The van der Waals surface area contributed by atoms with E-state index in [9.17, 15) is 15.2 Å². The molecule has 0 amide bonds. The Labute approximate surface area is 143 Å². The van der Waals surface area contributed by atoms with Gasteiger partial charge in [0.05, 0.1) is 11.3 Å². The van der Waals surface area contributed by atoms with Gasteiger partial charge in [-0.25, -0.2) is 9.78 Å². The highest BCUT2D eigenvalue weighted by Crippen LogP contribution is 2.33. The van der Waals surface area contributed by atoms with Gasteiger partial charge in [0.2, 0.25) is 0 Å². The lowest BCUT2D eigenvalue weighted by atomic mass is 10.1. The van der Waals surface area contributed by atoms with Crippen molar-refractivity contribution in [2.24, 2.45) is 0 Å². The number of thiazole rings is 1. The van der Waals surface area contributed by atoms with Gasteiger partial charge in [-0.3, -0.25) is 0 Å². The van der Waals surface area contributed by atoms with Crippen molar-refractivity contribution in [3.63, 3.8) is 0 Å². The first-order valence-corrected chi connectivity index (χ1v) is 8.53. The maximum absolute atomic E-state index is 11.2. The van der Waals surface area contributed by atoms with E-state index in [0.717, 1.165) is 34.2 Å². The van der Waals surface area contributed by atoms with E-state index in [4.69, 9.17) is 0 Å². The molecule has 3 aromatic rings. The summed E-state index contributed by atoms with van der Waals surface area (Å²) in [6, 6.07) is 8.40. The number of carboxylic acids is 1. The average molecular weight is 339 g/mol. The van der Waals surface area contributed by atoms with Gasteiger partial charge in [0, 0.05) is 28.7 Å². The van der Waals surface area contributed by atoms with Crippen molar-refractivity contribution in [3.8, 4) is 16.6 Å². The molecule has 1 unspecified atom stereocenters. The van der Waals surface area contributed by atoms with Crippen LogP contribution < -0.4 is 0 Å². The van der Waals surface area contributed by atoms with Gasteiger partial charge in [-0.15, -0.1) is 11.3 Å². The summed E-state index contributed by atoms with van der Waals surface area (Å²) in [6.45, 7) is 5.93. The van der Waals surface area contributed by atoms with E-state index >= 15 is 0 Å². The molecule has 2 heterocycles. The van der Waals surface area contributed by atoms with Crippen LogP contribution in [0.1, 0.15) is 47.2 Å². The molecular formula is C18H17N3O2S. The molecule has 122 valence electrons. The molecule has 2 aromatic heterocycles. The first kappa shape index (κ1) is 16.2. The van der Waals surface area contributed by atoms with E-state index in [1.165, 1.54) is 0 Å². The zero-order valence-electron chi connectivity index (χ0n) is 13.7. The summed E-state index contributed by atoms with van der Waals surface area (Å²) in [4.78, 5) is 15.8. The van der Waals surface area contributed by atoms with Gasteiger partial charge in [0.25, 0.3) is 0 Å². The third-order valence-electron chi connectivity index (χ3n) is 4.26. The fraction of sp³-hybridized carbons (Fsp3) is 0.278. The van der Waals surface area contributed by atoms with E-state index in [1.54, 1.807) is 6.92 Å². The minimum absolute atomic E-state index is 0.253. The Hall–Kier alpha value is -2.65. The summed E-state index contributed by atoms with van der Waals surface area (Å²) in [5.41, 5.74) is 2.98. The molecule has 0 aliphatic rings. The van der Waals surface area contributed by atoms with Gasteiger partial charge in [0.1, 0.15) is 16.0 Å². The van der Waals surface area contributed by atoms with Crippen molar-refractivity contribution < 1.29 is 9.90 Å². The monoisotopic (exact) mass is 339 g/mol. The normalized spacial score (nSPS) is 12.2. The van der Waals surface area contributed by atoms with E-state index in [2.05, 4.69) is 29.5 Å². The molecule has 6 heteroatoms. The number of aromatic nitrogens is 2. The number of hydrogen-bond acceptors (Lipinski definition) is 4. The van der Waals surface area contributed by atoms with Crippen molar-refractivity contribution in [1.82, 2.24) is 9.55 Å². The number of fused-ring (bicyclic) bond motifs is 1. The van der Waals surface area contributed by atoms with Crippen molar-refractivity contribution in [2.45, 2.75) is 33.2 Å². The highest BCUT2D eigenvalue weighted by atomic mass is 32.1. The molecule has 5 nitrogen and oxygen atoms in total. The van der Waals surface area contributed by atoms with Crippen LogP contribution in [0, 0.1) is 18.3 Å². The van der Waals surface area contributed by atoms with Gasteiger partial charge < -0.3 is 9.67 Å². The second kappa shape index (κ2) is 6.10. The SMILES string of the molecule is CCC(C)n1cc(C#N)c2cc(-c3nc(C)c(C(=O)O)s3)ccc21. The molecule has 0 aliphatic heterocycles. The standard InChI is InChI=1S/C18H17N3O2S/c1-4-10(2)21-9-13(8-19)14-7-12(5-6-15(14)21)17-20-11(3)16(24-17)18(22)23/h5-7,9-10H,4H2,1-3H3,(H,22,23). The molecule has 1 N–H and O–H groups in total. The first-order chi connectivity index (χ1) is 11.5. The minimum Gasteiger partial charge on any atom is -0.477 e. The van der Waals surface area contributed by atoms with E-state index in [-0.39, 0.29) is 4.88 Å². The maximum atomic E-state index is 11.2. The molecule has 1 aromatic carbocycles. The number of aromatic carboxylic acids is 1. The molecule has 0 fully saturated rings. The van der Waals surface area contributed by atoms with E-state index < -0.39 is 5.97 Å². The lowest BCUT2D eigenvalue weighted by molar-refractivity contribution is 0.0701. The molecule has 3 rings (SSSR count). The Bertz CT molecular complexity index is 978. The zero-order chi connectivity index (χ0) is 17.4. The van der Waals surface area contributed by atoms with Gasteiger partial charge in [-0.05, 0) is 38.5 Å². The van der Waals surface area contributed by atoms with Gasteiger partial charge in [-0.2, -0.15) is 5.26 Å². The molecule has 0 radical (unpaired) electrons. The van der Waals surface area contributed by atoms with Crippen LogP contribution in [0.2, 0.25) is 0 Å². The molecule has 1 atom stereocenters. The summed E-state index contributed by atoms with van der Waals surface area (Å²) in [7, 11) is 0. The van der Waals surface area contributed by atoms with Crippen molar-refractivity contribution in [3.05, 3.63) is 40.5 Å². The Kier molecular flexibility index (Phi) is 4.12. The van der Waals surface area contributed by atoms with Crippen LogP contribution in [-0.2, 0) is 0 Å². The number of nitrogens with zero attached hydrogens (tertiary/aromatic N) is 3. The summed E-state index contributed by atoms with van der Waals surface area (Å²) in [5.74, 6) is -0.960. The van der Waals surface area contributed by atoms with Gasteiger partial charge in [0.15, 0.2) is 0 Å². The topological polar surface area (TPSA) is 78.9 Å². The number of nitriles is 1. The lowest BCUT2D eigenvalue weighted by Crippen LogP contribution is -2.01. The Balaban J connectivity index is 2.17. The second-order valence-corrected chi connectivity index (χ2v) is 6.79. The van der Waals surface area contributed by atoms with Gasteiger partial charge in [-0.1, -0.05) is 6.92 Å². The quantitative estimate of drug-likeness (QED) is 0.752. The number of hydrogen-bond donors (Lipinski definition) is 1. The molecule has 0 spiro atoms. The summed E-state index contributed by atoms with van der Waals surface area (Å²) >= 11 is 1.16. The smallest absolute Gasteiger partial charge is 0.347 e. The fourth-order valence-electron chi connectivity index (χ4n) is 2.76. The summed E-state index contributed by atoms with van der Waals surface area (Å²) < 4.78 is 2.12. The van der Waals surface area contributed by atoms with Crippen LogP contribution in [0.15, 0.2) is 24.4 Å². The van der Waals surface area contributed by atoms with Crippen molar-refractivity contribution in [2.75, 3.05) is 0 Å². The zero-order valence-corrected chi connectivity index (χ0v) is 14.5. The minimum atomic E-state index is -0.960. The largest absolute Gasteiger partial charge is 0.477 e. The highest BCUT2D eigenvalue weighted by Gasteiger charge is 2.17. The van der Waals surface area contributed by atoms with Crippen molar-refractivity contribution in [1.29, 1.82) is 5.26 Å². The fourth-order valence-corrected chi connectivity index (χ4v) is 3.66. The second-order valence-electron chi connectivity index (χ2n) is 5.79. The third-order valence-corrected chi connectivity index (χ3v) is 5.45. The lowest BCUT2D eigenvalue weighted by Gasteiger charge is -2.12. The number of rotatable bonds is 4. The summed E-state index contributed by atoms with van der Waals surface area (Å²) in [6.07, 6.45) is 2.86. The number of carboxylic acid groups (broad SMARTS) is 1. The van der Waals surface area contributed by atoms with Crippen LogP contribution in [0.25, 0.3) is 21.5 Å². The maximum Gasteiger partial charge on any atom is 0.347 e. The molecule has 0 aliphatic carbocycles. The number of carbonyl (C=O) groups is 1. The number of benzene rings is 1. The van der Waals surface area contributed by atoms with Gasteiger partial charge >= 0.3 is 5.97 Å². The average Bonchev–Trinajstić information content (AvgIpc) is 3.14. The molecule has 24 heavy (non-hydrogen) atoms. The predicted molar refractivity (Wildman–Crippen MR) is 94.5 cm³/mol. The van der Waals surface area contributed by atoms with Crippen LogP contribution in [0.3, 0.4) is 0 Å². The Morgan fingerprint density at radius 1 is 1.50 bits per heavy atom.